The summed E-state index contributed by atoms with van der Waals surface area (Å²) >= 11 is 13.7. The van der Waals surface area contributed by atoms with E-state index in [1.54, 1.807) is 0 Å². The van der Waals surface area contributed by atoms with Gasteiger partial charge in [-0.25, -0.2) is 18.0 Å². The third-order valence-electron chi connectivity index (χ3n) is 7.37. The number of benzene rings is 2. The summed E-state index contributed by atoms with van der Waals surface area (Å²) in [6, 6.07) is 9.13. The van der Waals surface area contributed by atoms with Crippen molar-refractivity contribution in [2.45, 2.75) is 42.2 Å². The van der Waals surface area contributed by atoms with Crippen molar-refractivity contribution in [2.75, 3.05) is 26.0 Å². The van der Waals surface area contributed by atoms with Crippen LogP contribution in [0.3, 0.4) is 0 Å². The van der Waals surface area contributed by atoms with Crippen LogP contribution < -0.4 is 14.2 Å². The molecular weight excluding hydrogens is 705 g/mol. The number of halogens is 4. The van der Waals surface area contributed by atoms with Gasteiger partial charge in [0.2, 0.25) is 10.0 Å². The molecule has 2 aromatic carbocycles. The van der Waals surface area contributed by atoms with Crippen LogP contribution >= 0.6 is 35.0 Å². The zero-order valence-corrected chi connectivity index (χ0v) is 27.8. The lowest BCUT2D eigenvalue weighted by Crippen LogP contribution is -2.40. The van der Waals surface area contributed by atoms with Gasteiger partial charge in [0.05, 0.1) is 24.2 Å². The summed E-state index contributed by atoms with van der Waals surface area (Å²) in [6.07, 6.45) is 2.65. The highest BCUT2D eigenvalue weighted by atomic mass is 35.5. The maximum absolute atomic E-state index is 13.7. The third-order valence-corrected chi connectivity index (χ3v) is 11.2. The highest BCUT2D eigenvalue weighted by molar-refractivity contribution is 8.02. The number of ether oxygens (including phenoxy) is 4. The summed E-state index contributed by atoms with van der Waals surface area (Å²) in [4.78, 5) is 25.4. The molecule has 0 spiro atoms. The van der Waals surface area contributed by atoms with Crippen LogP contribution in [0.1, 0.15) is 40.4 Å². The second-order valence-corrected chi connectivity index (χ2v) is 14.5. The Balaban J connectivity index is 1.45. The number of aromatic nitrogens is 1. The van der Waals surface area contributed by atoms with Crippen molar-refractivity contribution in [3.8, 4) is 11.5 Å². The number of thioether (sulfide) groups is 1. The van der Waals surface area contributed by atoms with Crippen LogP contribution in [-0.4, -0.2) is 62.7 Å². The molecule has 0 radical (unpaired) electrons. The zero-order valence-electron chi connectivity index (χ0n) is 24.6. The quantitative estimate of drug-likeness (QED) is 0.128. The fourth-order valence-corrected chi connectivity index (χ4v) is 8.41. The fourth-order valence-electron chi connectivity index (χ4n) is 4.76. The molecule has 2 fully saturated rings. The maximum atomic E-state index is 13.7. The summed E-state index contributed by atoms with van der Waals surface area (Å²) < 4.78 is 76.0. The predicted octanol–water partition coefficient (Wildman–Crippen LogP) is 5.39. The summed E-state index contributed by atoms with van der Waals surface area (Å²) in [5, 5.41) is 10.5. The zero-order chi connectivity index (χ0) is 33.9. The molecule has 0 amide bonds. The van der Waals surface area contributed by atoms with E-state index < -0.39 is 40.1 Å². The molecule has 3 aromatic rings. The van der Waals surface area contributed by atoms with Crippen LogP contribution in [-0.2, 0) is 30.7 Å². The lowest BCUT2D eigenvalue weighted by Gasteiger charge is -2.26. The number of nitrogens with zero attached hydrogens (tertiary/aromatic N) is 2. The van der Waals surface area contributed by atoms with Crippen molar-refractivity contribution in [1.82, 2.24) is 4.31 Å². The maximum Gasteiger partial charge on any atom is 0.387 e. The second-order valence-electron chi connectivity index (χ2n) is 10.6. The van der Waals surface area contributed by atoms with Gasteiger partial charge in [-0.3, -0.25) is 0 Å². The molecule has 252 valence electrons. The lowest BCUT2D eigenvalue weighted by molar-refractivity contribution is -0.605. The molecule has 1 saturated carbocycles. The Hall–Kier alpha value is -3.37. The minimum absolute atomic E-state index is 0.00511. The lowest BCUT2D eigenvalue weighted by atomic mass is 10.0. The van der Waals surface area contributed by atoms with Gasteiger partial charge in [0, 0.05) is 24.3 Å². The van der Waals surface area contributed by atoms with E-state index in [-0.39, 0.29) is 74.4 Å². The van der Waals surface area contributed by atoms with E-state index >= 15 is 0 Å². The van der Waals surface area contributed by atoms with Gasteiger partial charge in [0.15, 0.2) is 29.3 Å². The van der Waals surface area contributed by atoms with Crippen LogP contribution in [0.2, 0.25) is 10.0 Å². The molecule has 0 N–H and O–H groups in total. The Morgan fingerprint density at radius 3 is 2.38 bits per heavy atom. The van der Waals surface area contributed by atoms with E-state index in [9.17, 15) is 32.0 Å². The summed E-state index contributed by atoms with van der Waals surface area (Å²) in [5.41, 5.74) is 0.681. The Morgan fingerprint density at radius 2 is 1.77 bits per heavy atom. The Morgan fingerprint density at radius 1 is 1.09 bits per heavy atom. The van der Waals surface area contributed by atoms with Crippen molar-refractivity contribution in [2.24, 2.45) is 5.92 Å². The van der Waals surface area contributed by atoms with Crippen LogP contribution in [0.25, 0.3) is 0 Å². The number of carbonyl (C=O) groups excluding carboxylic acids is 2. The molecule has 1 saturated heterocycles. The molecule has 17 heteroatoms. The number of esters is 2. The van der Waals surface area contributed by atoms with Gasteiger partial charge in [0.25, 0.3) is 0 Å². The average Bonchev–Trinajstić information content (AvgIpc) is 3.72. The minimum Gasteiger partial charge on any atom is -0.619 e. The van der Waals surface area contributed by atoms with Gasteiger partial charge in [-0.05, 0) is 60.7 Å². The van der Waals surface area contributed by atoms with Crippen LogP contribution in [0, 0.1) is 11.1 Å². The van der Waals surface area contributed by atoms with E-state index in [2.05, 4.69) is 9.47 Å². The Bertz CT molecular complexity index is 1720. The molecule has 2 unspecified atom stereocenters. The first-order valence-electron chi connectivity index (χ1n) is 14.2. The van der Waals surface area contributed by atoms with Crippen LogP contribution in [0.15, 0.2) is 59.8 Å². The molecule has 1 aliphatic carbocycles. The number of pyridine rings is 1. The normalized spacial score (nSPS) is 17.4. The summed E-state index contributed by atoms with van der Waals surface area (Å²) in [7, 11) is -3.02. The number of methoxy groups -OCH3 is 1. The van der Waals surface area contributed by atoms with E-state index in [0.717, 1.165) is 41.3 Å². The van der Waals surface area contributed by atoms with E-state index in [0.29, 0.717) is 4.73 Å². The SMILES string of the molecule is COC(=O)c1ccc(S(=O)(=O)N2CCSC2C(=O)OC(Cc2c(Cl)c[n+]([O-])cc2Cl)c2ccc(OC(F)F)c(OCC3CC3)c2)cc1. The largest absolute Gasteiger partial charge is 0.619 e. The van der Waals surface area contributed by atoms with Gasteiger partial charge in [-0.1, -0.05) is 29.3 Å². The molecule has 47 heavy (non-hydrogen) atoms. The molecule has 11 nitrogen and oxygen atoms in total. The number of rotatable bonds is 13. The highest BCUT2D eigenvalue weighted by Crippen LogP contribution is 2.39. The highest BCUT2D eigenvalue weighted by Gasteiger charge is 2.42. The molecule has 1 aromatic heterocycles. The van der Waals surface area contributed by atoms with Gasteiger partial charge in [-0.2, -0.15) is 17.8 Å². The predicted molar refractivity (Wildman–Crippen MR) is 167 cm³/mol. The van der Waals surface area contributed by atoms with Crippen LogP contribution in [0.4, 0.5) is 8.78 Å². The van der Waals surface area contributed by atoms with Crippen molar-refractivity contribution in [1.29, 1.82) is 0 Å². The first kappa shape index (κ1) is 35.0. The Kier molecular flexibility index (Phi) is 11.0. The molecule has 2 aliphatic rings. The number of hydrogen-bond donors (Lipinski definition) is 0. The van der Waals surface area contributed by atoms with Gasteiger partial charge in [-0.15, -0.1) is 11.8 Å². The smallest absolute Gasteiger partial charge is 0.387 e. The van der Waals surface area contributed by atoms with Gasteiger partial charge in [0.1, 0.15) is 16.1 Å². The average molecular weight is 734 g/mol. The summed E-state index contributed by atoms with van der Waals surface area (Å²) in [6.45, 7) is -2.86. The molecular formula is C30H28Cl2F2N2O9S2. The molecule has 1 aliphatic heterocycles. The Labute approximate surface area is 283 Å². The first-order valence-corrected chi connectivity index (χ1v) is 17.4. The van der Waals surface area contributed by atoms with Gasteiger partial charge >= 0.3 is 18.6 Å². The monoisotopic (exact) mass is 732 g/mol. The van der Waals surface area contributed by atoms with E-state index in [1.807, 2.05) is 0 Å². The second kappa shape index (κ2) is 14.8. The number of carbonyl (C=O) groups is 2. The number of hydrogen-bond acceptors (Lipinski definition) is 10. The molecule has 2 atom stereocenters. The van der Waals surface area contributed by atoms with Crippen LogP contribution in [0.5, 0.6) is 11.5 Å². The topological polar surface area (TPSA) is 135 Å². The first-order chi connectivity index (χ1) is 22.4. The van der Waals surface area contributed by atoms with E-state index in [4.69, 9.17) is 32.7 Å². The summed E-state index contributed by atoms with van der Waals surface area (Å²) in [5.74, 6) is -1.23. The van der Waals surface area contributed by atoms with Crippen molar-refractivity contribution >= 4 is 56.9 Å². The molecule has 2 heterocycles. The standard InChI is InChI=1S/C30H28Cl2F2N2O9S2/c1-42-28(37)18-4-7-20(8-5-18)47(40,41)36-10-11-46-27(36)29(38)44-25(13-21-22(31)14-35(39)15-23(21)32)19-6-9-24(45-30(33)34)26(12-19)43-16-17-2-3-17/h4-9,12,14-15,17,25,27,30H,2-3,10-11,13,16H2,1H3. The minimum atomic E-state index is -4.22. The molecule has 0 bridgehead atoms. The fraction of sp³-hybridized carbons (Fsp3) is 0.367. The van der Waals surface area contributed by atoms with Crippen molar-refractivity contribution < 1.29 is 50.5 Å². The number of sulfonamides is 1. The van der Waals surface area contributed by atoms with Gasteiger partial charge < -0.3 is 24.2 Å². The number of alkyl halides is 2. The van der Waals surface area contributed by atoms with Crippen molar-refractivity contribution in [3.05, 3.63) is 86.8 Å². The third kappa shape index (κ3) is 8.38. The molecule has 5 rings (SSSR count). The van der Waals surface area contributed by atoms with E-state index in [1.165, 1.54) is 49.6 Å². The van der Waals surface area contributed by atoms with Crippen molar-refractivity contribution in [3.63, 3.8) is 0 Å².